The first-order valence-electron chi connectivity index (χ1n) is 9.84. The molecule has 0 aliphatic carbocycles. The molecule has 2 N–H and O–H groups in total. The van der Waals surface area contributed by atoms with Crippen LogP contribution in [-0.4, -0.2) is 42.5 Å². The summed E-state index contributed by atoms with van der Waals surface area (Å²) in [5.74, 6) is 1.35. The van der Waals surface area contributed by atoms with Gasteiger partial charge < -0.3 is 19.5 Å². The molecule has 0 bridgehead atoms. The number of carbonyl (C=O) groups is 1. The van der Waals surface area contributed by atoms with Gasteiger partial charge >= 0.3 is 0 Å². The molecular formula is C21H29N3O4. The van der Waals surface area contributed by atoms with E-state index >= 15 is 0 Å². The number of aromatic amines is 1. The SMILES string of the molecule is CCOc1cc(CCCNC(=O)c2n[nH]c3c2C[C@H](C)O[C@@H]3C)ccc1OC. The minimum atomic E-state index is -0.136. The van der Waals surface area contributed by atoms with Crippen LogP contribution in [0, 0.1) is 0 Å². The maximum atomic E-state index is 12.6. The molecule has 0 radical (unpaired) electrons. The molecule has 0 spiro atoms. The van der Waals surface area contributed by atoms with Crippen molar-refractivity contribution >= 4 is 5.91 Å². The Morgan fingerprint density at radius 1 is 1.36 bits per heavy atom. The molecular weight excluding hydrogens is 358 g/mol. The summed E-state index contributed by atoms with van der Waals surface area (Å²) in [5, 5.41) is 10.2. The van der Waals surface area contributed by atoms with Gasteiger partial charge in [-0.05, 0) is 51.3 Å². The molecule has 0 saturated heterocycles. The van der Waals surface area contributed by atoms with E-state index in [1.807, 2.05) is 39.0 Å². The van der Waals surface area contributed by atoms with Crippen LogP contribution in [0.3, 0.4) is 0 Å². The zero-order chi connectivity index (χ0) is 20.1. The molecule has 2 aromatic rings. The quantitative estimate of drug-likeness (QED) is 0.680. The molecule has 0 fully saturated rings. The first kappa shape index (κ1) is 20.2. The lowest BCUT2D eigenvalue weighted by Gasteiger charge is -2.25. The number of aromatic nitrogens is 2. The summed E-state index contributed by atoms with van der Waals surface area (Å²) in [7, 11) is 1.63. The Morgan fingerprint density at radius 2 is 2.18 bits per heavy atom. The van der Waals surface area contributed by atoms with Crippen LogP contribution in [0.5, 0.6) is 11.5 Å². The molecule has 1 amide bonds. The largest absolute Gasteiger partial charge is 0.493 e. The Hall–Kier alpha value is -2.54. The standard InChI is InChI=1S/C21H29N3O4/c1-5-27-18-12-15(8-9-17(18)26-4)7-6-10-22-21(25)20-16-11-13(2)28-14(3)19(16)23-24-20/h8-9,12-14H,5-7,10-11H2,1-4H3,(H,22,25)(H,23,24)/t13-,14+/m0/s1. The van der Waals surface area contributed by atoms with Crippen molar-refractivity contribution in [3.05, 3.63) is 40.7 Å². The van der Waals surface area contributed by atoms with E-state index in [-0.39, 0.29) is 18.1 Å². The molecule has 1 aromatic heterocycles. The van der Waals surface area contributed by atoms with Crippen LogP contribution in [0.4, 0.5) is 0 Å². The van der Waals surface area contributed by atoms with Crippen molar-refractivity contribution in [1.29, 1.82) is 0 Å². The van der Waals surface area contributed by atoms with E-state index in [1.54, 1.807) is 7.11 Å². The Kier molecular flexibility index (Phi) is 6.57. The van der Waals surface area contributed by atoms with Gasteiger partial charge in [-0.15, -0.1) is 0 Å². The van der Waals surface area contributed by atoms with Gasteiger partial charge in [-0.2, -0.15) is 5.10 Å². The smallest absolute Gasteiger partial charge is 0.272 e. The minimum Gasteiger partial charge on any atom is -0.493 e. The second-order valence-corrected chi connectivity index (χ2v) is 7.04. The fraction of sp³-hybridized carbons (Fsp3) is 0.524. The van der Waals surface area contributed by atoms with Crippen molar-refractivity contribution in [2.45, 2.75) is 52.2 Å². The maximum Gasteiger partial charge on any atom is 0.272 e. The third-order valence-electron chi connectivity index (χ3n) is 4.90. The normalized spacial score (nSPS) is 18.4. The summed E-state index contributed by atoms with van der Waals surface area (Å²) in [6.45, 7) is 7.10. The van der Waals surface area contributed by atoms with E-state index in [2.05, 4.69) is 15.5 Å². The Morgan fingerprint density at radius 3 is 2.93 bits per heavy atom. The van der Waals surface area contributed by atoms with Crippen LogP contribution in [-0.2, 0) is 17.6 Å². The van der Waals surface area contributed by atoms with Crippen LogP contribution in [0.25, 0.3) is 0 Å². The third-order valence-corrected chi connectivity index (χ3v) is 4.90. The van der Waals surface area contributed by atoms with Gasteiger partial charge in [0, 0.05) is 18.5 Å². The Bertz CT molecular complexity index is 818. The van der Waals surface area contributed by atoms with E-state index in [0.29, 0.717) is 25.3 Å². The summed E-state index contributed by atoms with van der Waals surface area (Å²) in [4.78, 5) is 12.6. The van der Waals surface area contributed by atoms with Crippen molar-refractivity contribution in [2.24, 2.45) is 0 Å². The summed E-state index contributed by atoms with van der Waals surface area (Å²) in [5.41, 5.74) is 3.51. The average Bonchev–Trinajstić information content (AvgIpc) is 3.10. The van der Waals surface area contributed by atoms with E-state index in [4.69, 9.17) is 14.2 Å². The van der Waals surface area contributed by atoms with E-state index in [9.17, 15) is 4.79 Å². The molecule has 7 nitrogen and oxygen atoms in total. The monoisotopic (exact) mass is 387 g/mol. The molecule has 2 atom stereocenters. The van der Waals surface area contributed by atoms with Crippen molar-refractivity contribution in [2.75, 3.05) is 20.3 Å². The molecule has 3 rings (SSSR count). The number of hydrogen-bond acceptors (Lipinski definition) is 5. The number of methoxy groups -OCH3 is 1. The topological polar surface area (TPSA) is 85.5 Å². The van der Waals surface area contributed by atoms with Crippen molar-refractivity contribution in [3.8, 4) is 11.5 Å². The molecule has 2 heterocycles. The number of ether oxygens (including phenoxy) is 3. The van der Waals surface area contributed by atoms with Gasteiger partial charge in [-0.3, -0.25) is 9.89 Å². The van der Waals surface area contributed by atoms with E-state index in [1.165, 1.54) is 0 Å². The number of nitrogens with zero attached hydrogens (tertiary/aromatic N) is 1. The Balaban J connectivity index is 1.54. The van der Waals surface area contributed by atoms with Crippen molar-refractivity contribution in [1.82, 2.24) is 15.5 Å². The molecule has 1 aliphatic rings. The highest BCUT2D eigenvalue weighted by Crippen LogP contribution is 2.30. The van der Waals surface area contributed by atoms with Crippen LogP contribution < -0.4 is 14.8 Å². The summed E-state index contributed by atoms with van der Waals surface area (Å²) in [6.07, 6.45) is 2.38. The number of hydrogen-bond donors (Lipinski definition) is 2. The van der Waals surface area contributed by atoms with Crippen LogP contribution in [0.15, 0.2) is 18.2 Å². The van der Waals surface area contributed by atoms with Gasteiger partial charge in [-0.25, -0.2) is 0 Å². The lowest BCUT2D eigenvalue weighted by Crippen LogP contribution is -2.28. The fourth-order valence-electron chi connectivity index (χ4n) is 3.58. The van der Waals surface area contributed by atoms with Crippen LogP contribution >= 0.6 is 0 Å². The minimum absolute atomic E-state index is 0.0672. The number of H-pyrrole nitrogens is 1. The summed E-state index contributed by atoms with van der Waals surface area (Å²) >= 11 is 0. The summed E-state index contributed by atoms with van der Waals surface area (Å²) < 4.78 is 16.7. The van der Waals surface area contributed by atoms with Gasteiger partial charge in [0.05, 0.1) is 31.6 Å². The second-order valence-electron chi connectivity index (χ2n) is 7.04. The van der Waals surface area contributed by atoms with Gasteiger partial charge in [0.25, 0.3) is 5.91 Å². The highest BCUT2D eigenvalue weighted by atomic mass is 16.5. The third kappa shape index (κ3) is 4.47. The number of aryl methyl sites for hydroxylation is 1. The maximum absolute atomic E-state index is 12.6. The number of amides is 1. The molecule has 1 aliphatic heterocycles. The second kappa shape index (κ2) is 9.10. The first-order chi connectivity index (χ1) is 13.5. The number of nitrogens with one attached hydrogen (secondary N) is 2. The fourth-order valence-corrected chi connectivity index (χ4v) is 3.58. The van der Waals surface area contributed by atoms with Crippen LogP contribution in [0.2, 0.25) is 0 Å². The van der Waals surface area contributed by atoms with Crippen LogP contribution in [0.1, 0.15) is 60.6 Å². The predicted molar refractivity (Wildman–Crippen MR) is 106 cm³/mol. The number of carbonyl (C=O) groups excluding carboxylic acids is 1. The highest BCUT2D eigenvalue weighted by Gasteiger charge is 2.29. The highest BCUT2D eigenvalue weighted by molar-refractivity contribution is 5.94. The van der Waals surface area contributed by atoms with Gasteiger partial charge in [-0.1, -0.05) is 6.07 Å². The summed E-state index contributed by atoms with van der Waals surface area (Å²) in [6, 6.07) is 5.94. The van der Waals surface area contributed by atoms with Gasteiger partial charge in [0.15, 0.2) is 17.2 Å². The molecule has 0 unspecified atom stereocenters. The van der Waals surface area contributed by atoms with Gasteiger partial charge in [0.1, 0.15) is 0 Å². The molecule has 28 heavy (non-hydrogen) atoms. The molecule has 0 saturated carbocycles. The van der Waals surface area contributed by atoms with E-state index in [0.717, 1.165) is 41.2 Å². The number of fused-ring (bicyclic) bond motifs is 1. The number of benzene rings is 1. The lowest BCUT2D eigenvalue weighted by molar-refractivity contribution is -0.00697. The lowest BCUT2D eigenvalue weighted by atomic mass is 9.99. The average molecular weight is 387 g/mol. The molecule has 1 aromatic carbocycles. The number of rotatable bonds is 8. The molecule has 7 heteroatoms. The molecule has 152 valence electrons. The predicted octanol–water partition coefficient (Wildman–Crippen LogP) is 3.20. The van der Waals surface area contributed by atoms with E-state index < -0.39 is 0 Å². The zero-order valence-electron chi connectivity index (χ0n) is 17.0. The van der Waals surface area contributed by atoms with Crippen molar-refractivity contribution < 1.29 is 19.0 Å². The first-order valence-corrected chi connectivity index (χ1v) is 9.84. The van der Waals surface area contributed by atoms with Gasteiger partial charge in [0.2, 0.25) is 0 Å². The Labute approximate surface area is 165 Å². The van der Waals surface area contributed by atoms with Crippen molar-refractivity contribution in [3.63, 3.8) is 0 Å². The zero-order valence-corrected chi connectivity index (χ0v) is 17.0.